The second-order valence-corrected chi connectivity index (χ2v) is 4.28. The van der Waals surface area contributed by atoms with Crippen LogP contribution in [0.15, 0.2) is 48.5 Å². The maximum Gasteiger partial charge on any atom is 0.119 e. The summed E-state index contributed by atoms with van der Waals surface area (Å²) in [7, 11) is 0. The standard InChI is InChI=1S/C15H15ClO/c1-2-12-7-9-14(10-8-12)17-11-13-5-3-4-6-15(13)16/h3-10H,2,11H2,1H3. The lowest BCUT2D eigenvalue weighted by molar-refractivity contribution is 0.306. The summed E-state index contributed by atoms with van der Waals surface area (Å²) in [6.07, 6.45) is 1.05. The highest BCUT2D eigenvalue weighted by Crippen LogP contribution is 2.18. The van der Waals surface area contributed by atoms with Crippen LogP contribution < -0.4 is 4.74 Å². The van der Waals surface area contributed by atoms with Crippen molar-refractivity contribution in [2.45, 2.75) is 20.0 Å². The van der Waals surface area contributed by atoms with E-state index >= 15 is 0 Å². The van der Waals surface area contributed by atoms with Crippen molar-refractivity contribution in [1.82, 2.24) is 0 Å². The monoisotopic (exact) mass is 246 g/mol. The van der Waals surface area contributed by atoms with Gasteiger partial charge in [-0.2, -0.15) is 0 Å². The molecule has 0 amide bonds. The molecule has 0 aliphatic rings. The van der Waals surface area contributed by atoms with Gasteiger partial charge in [-0.3, -0.25) is 0 Å². The van der Waals surface area contributed by atoms with Crippen molar-refractivity contribution in [3.05, 3.63) is 64.7 Å². The second kappa shape index (κ2) is 5.74. The van der Waals surface area contributed by atoms with E-state index in [0.29, 0.717) is 6.61 Å². The van der Waals surface area contributed by atoms with Gasteiger partial charge in [0.05, 0.1) is 0 Å². The van der Waals surface area contributed by atoms with Crippen LogP contribution in [0.4, 0.5) is 0 Å². The highest BCUT2D eigenvalue weighted by Gasteiger charge is 2.00. The van der Waals surface area contributed by atoms with E-state index in [1.807, 2.05) is 36.4 Å². The van der Waals surface area contributed by atoms with E-state index < -0.39 is 0 Å². The van der Waals surface area contributed by atoms with Crippen LogP contribution in [0.2, 0.25) is 5.02 Å². The minimum atomic E-state index is 0.505. The molecule has 2 rings (SSSR count). The van der Waals surface area contributed by atoms with Crippen LogP contribution in [-0.4, -0.2) is 0 Å². The van der Waals surface area contributed by atoms with Gasteiger partial charge in [0.2, 0.25) is 0 Å². The molecule has 0 saturated carbocycles. The molecule has 0 spiro atoms. The van der Waals surface area contributed by atoms with Crippen molar-refractivity contribution in [1.29, 1.82) is 0 Å². The molecule has 0 aliphatic carbocycles. The first-order valence-electron chi connectivity index (χ1n) is 5.74. The first-order valence-corrected chi connectivity index (χ1v) is 6.12. The Kier molecular flexibility index (Phi) is 4.05. The second-order valence-electron chi connectivity index (χ2n) is 3.88. The van der Waals surface area contributed by atoms with Crippen LogP contribution in [0, 0.1) is 0 Å². The Balaban J connectivity index is 2.00. The fourth-order valence-corrected chi connectivity index (χ4v) is 1.79. The topological polar surface area (TPSA) is 9.23 Å². The summed E-state index contributed by atoms with van der Waals surface area (Å²) in [5.41, 5.74) is 2.32. The van der Waals surface area contributed by atoms with E-state index in [9.17, 15) is 0 Å². The third-order valence-corrected chi connectivity index (χ3v) is 3.05. The zero-order chi connectivity index (χ0) is 12.1. The van der Waals surface area contributed by atoms with E-state index in [1.54, 1.807) is 0 Å². The Bertz CT molecular complexity index is 477. The summed E-state index contributed by atoms with van der Waals surface area (Å²) in [5.74, 6) is 0.877. The summed E-state index contributed by atoms with van der Waals surface area (Å²) in [5, 5.41) is 0.748. The zero-order valence-corrected chi connectivity index (χ0v) is 10.6. The molecule has 1 nitrogen and oxygen atoms in total. The number of halogens is 1. The quantitative estimate of drug-likeness (QED) is 0.773. The predicted octanol–water partition coefficient (Wildman–Crippen LogP) is 4.48. The van der Waals surface area contributed by atoms with Crippen LogP contribution in [0.5, 0.6) is 5.75 Å². The summed E-state index contributed by atoms with van der Waals surface area (Å²) in [6, 6.07) is 15.9. The van der Waals surface area contributed by atoms with E-state index in [1.165, 1.54) is 5.56 Å². The molecule has 0 aromatic heterocycles. The van der Waals surface area contributed by atoms with Gasteiger partial charge < -0.3 is 4.74 Å². The maximum absolute atomic E-state index is 6.06. The van der Waals surface area contributed by atoms with Crippen molar-refractivity contribution in [3.8, 4) is 5.75 Å². The molecule has 2 heteroatoms. The molecule has 0 radical (unpaired) electrons. The lowest BCUT2D eigenvalue weighted by atomic mass is 10.2. The van der Waals surface area contributed by atoms with Gasteiger partial charge in [-0.25, -0.2) is 0 Å². The molecule has 0 N–H and O–H groups in total. The Morgan fingerprint density at radius 1 is 1.00 bits per heavy atom. The van der Waals surface area contributed by atoms with E-state index in [4.69, 9.17) is 16.3 Å². The molecule has 0 heterocycles. The minimum absolute atomic E-state index is 0.505. The average Bonchev–Trinajstić information content (AvgIpc) is 2.38. The third kappa shape index (κ3) is 3.24. The lowest BCUT2D eigenvalue weighted by Gasteiger charge is -2.08. The van der Waals surface area contributed by atoms with Gasteiger partial charge in [0.15, 0.2) is 0 Å². The first kappa shape index (κ1) is 12.0. The summed E-state index contributed by atoms with van der Waals surface area (Å²) >= 11 is 6.06. The first-order chi connectivity index (χ1) is 8.29. The van der Waals surface area contributed by atoms with E-state index in [-0.39, 0.29) is 0 Å². The van der Waals surface area contributed by atoms with Crippen molar-refractivity contribution in [2.24, 2.45) is 0 Å². The highest BCUT2D eigenvalue weighted by molar-refractivity contribution is 6.31. The van der Waals surface area contributed by atoms with Crippen LogP contribution >= 0.6 is 11.6 Å². The number of ether oxygens (including phenoxy) is 1. The van der Waals surface area contributed by atoms with E-state index in [0.717, 1.165) is 22.8 Å². The molecule has 0 unspecified atom stereocenters. The van der Waals surface area contributed by atoms with Gasteiger partial charge in [0.1, 0.15) is 12.4 Å². The molecule has 2 aromatic carbocycles. The SMILES string of the molecule is CCc1ccc(OCc2ccccc2Cl)cc1. The largest absolute Gasteiger partial charge is 0.489 e. The molecule has 0 fully saturated rings. The number of benzene rings is 2. The maximum atomic E-state index is 6.06. The normalized spacial score (nSPS) is 10.2. The number of hydrogen-bond acceptors (Lipinski definition) is 1. The Morgan fingerprint density at radius 2 is 1.71 bits per heavy atom. The Hall–Kier alpha value is -1.47. The van der Waals surface area contributed by atoms with Gasteiger partial charge >= 0.3 is 0 Å². The van der Waals surface area contributed by atoms with E-state index in [2.05, 4.69) is 19.1 Å². The lowest BCUT2D eigenvalue weighted by Crippen LogP contribution is -1.96. The van der Waals surface area contributed by atoms with Gasteiger partial charge in [0, 0.05) is 10.6 Å². The Morgan fingerprint density at radius 3 is 2.35 bits per heavy atom. The molecular weight excluding hydrogens is 232 g/mol. The average molecular weight is 247 g/mol. The molecule has 88 valence electrons. The van der Waals surface area contributed by atoms with Gasteiger partial charge in [0.25, 0.3) is 0 Å². The van der Waals surface area contributed by atoms with Crippen LogP contribution in [0.1, 0.15) is 18.1 Å². The molecule has 0 bridgehead atoms. The Labute approximate surface area is 107 Å². The highest BCUT2D eigenvalue weighted by atomic mass is 35.5. The molecule has 2 aromatic rings. The zero-order valence-electron chi connectivity index (χ0n) is 9.82. The molecule has 17 heavy (non-hydrogen) atoms. The van der Waals surface area contributed by atoms with Crippen molar-refractivity contribution in [3.63, 3.8) is 0 Å². The number of hydrogen-bond donors (Lipinski definition) is 0. The molecule has 0 saturated heterocycles. The fourth-order valence-electron chi connectivity index (χ4n) is 1.60. The van der Waals surface area contributed by atoms with Gasteiger partial charge in [-0.1, -0.05) is 48.9 Å². The molecule has 0 aliphatic heterocycles. The van der Waals surface area contributed by atoms with Crippen LogP contribution in [-0.2, 0) is 13.0 Å². The molecular formula is C15H15ClO. The van der Waals surface area contributed by atoms with Crippen molar-refractivity contribution < 1.29 is 4.74 Å². The smallest absolute Gasteiger partial charge is 0.119 e. The summed E-state index contributed by atoms with van der Waals surface area (Å²) in [6.45, 7) is 2.64. The number of rotatable bonds is 4. The number of aryl methyl sites for hydroxylation is 1. The molecule has 0 atom stereocenters. The van der Waals surface area contributed by atoms with Gasteiger partial charge in [-0.05, 0) is 30.2 Å². The summed E-state index contributed by atoms with van der Waals surface area (Å²) < 4.78 is 5.69. The third-order valence-electron chi connectivity index (χ3n) is 2.68. The van der Waals surface area contributed by atoms with Crippen molar-refractivity contribution in [2.75, 3.05) is 0 Å². The summed E-state index contributed by atoms with van der Waals surface area (Å²) in [4.78, 5) is 0. The fraction of sp³-hybridized carbons (Fsp3) is 0.200. The predicted molar refractivity (Wildman–Crippen MR) is 71.6 cm³/mol. The van der Waals surface area contributed by atoms with Crippen molar-refractivity contribution >= 4 is 11.6 Å². The minimum Gasteiger partial charge on any atom is -0.489 e. The van der Waals surface area contributed by atoms with Crippen LogP contribution in [0.25, 0.3) is 0 Å². The van der Waals surface area contributed by atoms with Crippen LogP contribution in [0.3, 0.4) is 0 Å². The van der Waals surface area contributed by atoms with Gasteiger partial charge in [-0.15, -0.1) is 0 Å².